The van der Waals surface area contributed by atoms with Crippen molar-refractivity contribution < 1.29 is 29.2 Å². The molecule has 4 rings (SSSR count). The molecule has 22 heavy (non-hydrogen) atoms. The van der Waals surface area contributed by atoms with Crippen LogP contribution in [0.15, 0.2) is 42.2 Å². The van der Waals surface area contributed by atoms with Crippen molar-refractivity contribution in [3.8, 4) is 11.5 Å². The lowest BCUT2D eigenvalue weighted by Gasteiger charge is -2.45. The molecule has 1 fully saturated rings. The number of fused-ring (bicyclic) bond motifs is 5. The summed E-state index contributed by atoms with van der Waals surface area (Å²) in [5.41, 5.74) is -2.66. The fourth-order valence-electron chi connectivity index (χ4n) is 3.20. The van der Waals surface area contributed by atoms with E-state index in [1.54, 1.807) is 18.2 Å². The zero-order valence-electron chi connectivity index (χ0n) is 11.8. The lowest BCUT2D eigenvalue weighted by Crippen LogP contribution is -2.61. The van der Waals surface area contributed by atoms with Gasteiger partial charge in [-0.05, 0) is 24.3 Å². The molecule has 3 aliphatic rings. The molecule has 1 aliphatic carbocycles. The predicted octanol–water partition coefficient (Wildman–Crippen LogP) is 0.428. The average Bonchev–Trinajstić information content (AvgIpc) is 2.82. The summed E-state index contributed by atoms with van der Waals surface area (Å²) >= 11 is 0. The van der Waals surface area contributed by atoms with Crippen molar-refractivity contribution in [1.82, 2.24) is 0 Å². The Morgan fingerprint density at radius 3 is 2.95 bits per heavy atom. The van der Waals surface area contributed by atoms with Gasteiger partial charge in [-0.3, -0.25) is 4.79 Å². The molecule has 3 unspecified atom stereocenters. The Balaban J connectivity index is 1.83. The van der Waals surface area contributed by atoms with Crippen LogP contribution in [-0.4, -0.2) is 41.4 Å². The van der Waals surface area contributed by atoms with E-state index in [1.165, 1.54) is 25.3 Å². The molecule has 0 spiro atoms. The van der Waals surface area contributed by atoms with Crippen LogP contribution < -0.4 is 9.47 Å². The predicted molar refractivity (Wildman–Crippen MR) is 74.4 cm³/mol. The maximum Gasteiger partial charge on any atom is 0.181 e. The number of benzene rings is 1. The first kappa shape index (κ1) is 13.4. The topological polar surface area (TPSA) is 85.2 Å². The smallest absolute Gasteiger partial charge is 0.181 e. The van der Waals surface area contributed by atoms with E-state index in [0.717, 1.165) is 0 Å². The van der Waals surface area contributed by atoms with Crippen molar-refractivity contribution >= 4 is 5.78 Å². The number of hydrogen-bond acceptors (Lipinski definition) is 6. The van der Waals surface area contributed by atoms with E-state index >= 15 is 0 Å². The van der Waals surface area contributed by atoms with Gasteiger partial charge in [0.2, 0.25) is 0 Å². The Kier molecular flexibility index (Phi) is 2.50. The van der Waals surface area contributed by atoms with Gasteiger partial charge in [0.15, 0.2) is 23.1 Å². The summed E-state index contributed by atoms with van der Waals surface area (Å²) in [4.78, 5) is 11.5. The summed E-state index contributed by atoms with van der Waals surface area (Å²) in [6, 6.07) is 5.04. The largest absolute Gasteiger partial charge is 0.497 e. The molecular weight excluding hydrogens is 288 g/mol. The Morgan fingerprint density at radius 1 is 1.36 bits per heavy atom. The minimum Gasteiger partial charge on any atom is -0.497 e. The van der Waals surface area contributed by atoms with Crippen molar-refractivity contribution in [2.24, 2.45) is 0 Å². The molecule has 6 nitrogen and oxygen atoms in total. The maximum atomic E-state index is 11.5. The highest BCUT2D eigenvalue weighted by molar-refractivity contribution is 6.01. The van der Waals surface area contributed by atoms with Gasteiger partial charge in [-0.25, -0.2) is 0 Å². The van der Waals surface area contributed by atoms with Crippen LogP contribution in [0.5, 0.6) is 11.5 Å². The van der Waals surface area contributed by atoms with Gasteiger partial charge in [0.05, 0.1) is 7.11 Å². The van der Waals surface area contributed by atoms with Crippen LogP contribution in [0.1, 0.15) is 5.56 Å². The lowest BCUT2D eigenvalue weighted by molar-refractivity contribution is -0.187. The first-order valence-corrected chi connectivity index (χ1v) is 6.85. The summed E-state index contributed by atoms with van der Waals surface area (Å²) in [7, 11) is 1.53. The average molecular weight is 302 g/mol. The van der Waals surface area contributed by atoms with E-state index in [4.69, 9.17) is 14.2 Å². The normalized spacial score (nSPS) is 34.8. The van der Waals surface area contributed by atoms with Crippen LogP contribution in [-0.2, 0) is 15.1 Å². The summed E-state index contributed by atoms with van der Waals surface area (Å²) in [5, 5.41) is 21.9. The SMILES string of the molecule is COc1ccc2c(c1)OC1C3(O)C=CC(=O)C=C3OCC21O. The number of hydrogen-bond donors (Lipinski definition) is 2. The van der Waals surface area contributed by atoms with Crippen LogP contribution in [0, 0.1) is 0 Å². The number of allylic oxidation sites excluding steroid dienone is 2. The van der Waals surface area contributed by atoms with Gasteiger partial charge in [-0.1, -0.05) is 0 Å². The molecule has 6 heteroatoms. The van der Waals surface area contributed by atoms with Gasteiger partial charge in [0.25, 0.3) is 0 Å². The Hall–Kier alpha value is -2.31. The fraction of sp³-hybridized carbons (Fsp3) is 0.312. The minimum atomic E-state index is -1.69. The Labute approximate surface area is 126 Å². The molecule has 1 aromatic rings. The molecule has 0 bridgehead atoms. The van der Waals surface area contributed by atoms with Crippen molar-refractivity contribution in [3.05, 3.63) is 47.7 Å². The van der Waals surface area contributed by atoms with E-state index in [-0.39, 0.29) is 18.1 Å². The highest BCUT2D eigenvalue weighted by atomic mass is 16.6. The molecule has 0 aromatic heterocycles. The fourth-order valence-corrected chi connectivity index (χ4v) is 3.20. The summed E-state index contributed by atoms with van der Waals surface area (Å²) in [6.45, 7) is -0.105. The van der Waals surface area contributed by atoms with Crippen LogP contribution in [0.3, 0.4) is 0 Å². The summed E-state index contributed by atoms with van der Waals surface area (Å²) in [6.07, 6.45) is 2.77. The second kappa shape index (κ2) is 4.12. The molecule has 3 atom stereocenters. The van der Waals surface area contributed by atoms with Gasteiger partial charge >= 0.3 is 0 Å². The maximum absolute atomic E-state index is 11.5. The van der Waals surface area contributed by atoms with E-state index < -0.39 is 17.3 Å². The van der Waals surface area contributed by atoms with Crippen molar-refractivity contribution in [2.45, 2.75) is 17.3 Å². The second-order valence-corrected chi connectivity index (χ2v) is 5.64. The quantitative estimate of drug-likeness (QED) is 0.782. The first-order valence-electron chi connectivity index (χ1n) is 6.85. The zero-order valence-corrected chi connectivity index (χ0v) is 11.8. The minimum absolute atomic E-state index is 0.0921. The zero-order chi connectivity index (χ0) is 15.5. The van der Waals surface area contributed by atoms with Crippen molar-refractivity contribution in [3.63, 3.8) is 0 Å². The summed E-state index contributed by atoms with van der Waals surface area (Å²) < 4.78 is 16.4. The van der Waals surface area contributed by atoms with Crippen LogP contribution in [0.4, 0.5) is 0 Å². The van der Waals surface area contributed by atoms with E-state index in [0.29, 0.717) is 17.1 Å². The van der Waals surface area contributed by atoms with Crippen molar-refractivity contribution in [2.75, 3.05) is 13.7 Å². The molecule has 1 saturated heterocycles. The molecule has 2 aliphatic heterocycles. The summed E-state index contributed by atoms with van der Waals surface area (Å²) in [5.74, 6) is 0.825. The highest BCUT2D eigenvalue weighted by Crippen LogP contribution is 2.52. The second-order valence-electron chi connectivity index (χ2n) is 5.64. The number of rotatable bonds is 1. The third-order valence-electron chi connectivity index (χ3n) is 4.35. The van der Waals surface area contributed by atoms with Crippen LogP contribution >= 0.6 is 0 Å². The number of ether oxygens (including phenoxy) is 3. The molecule has 0 radical (unpaired) electrons. The van der Waals surface area contributed by atoms with Gasteiger partial charge in [-0.2, -0.15) is 0 Å². The molecule has 1 aromatic carbocycles. The third kappa shape index (κ3) is 1.53. The lowest BCUT2D eigenvalue weighted by atomic mass is 9.76. The molecule has 2 heterocycles. The number of carbonyl (C=O) groups is 1. The van der Waals surface area contributed by atoms with Crippen molar-refractivity contribution in [1.29, 1.82) is 0 Å². The van der Waals surface area contributed by atoms with E-state index in [9.17, 15) is 15.0 Å². The number of aliphatic hydroxyl groups is 2. The molecular formula is C16H14O6. The monoisotopic (exact) mass is 302 g/mol. The Bertz CT molecular complexity index is 736. The number of ketones is 1. The molecule has 114 valence electrons. The first-order chi connectivity index (χ1) is 10.5. The third-order valence-corrected chi connectivity index (χ3v) is 4.35. The molecule has 0 amide bonds. The highest BCUT2D eigenvalue weighted by Gasteiger charge is 2.63. The van der Waals surface area contributed by atoms with Crippen LogP contribution in [0.2, 0.25) is 0 Å². The van der Waals surface area contributed by atoms with Gasteiger partial charge in [-0.15, -0.1) is 0 Å². The number of methoxy groups -OCH3 is 1. The van der Waals surface area contributed by atoms with E-state index in [1.807, 2.05) is 0 Å². The standard InChI is InChI=1S/C16H14O6/c1-20-10-2-3-11-12(7-10)22-14-15(18)5-4-9(17)6-13(15)21-8-16(11,14)19/h2-7,14,18-19H,8H2,1H3. The van der Waals surface area contributed by atoms with Gasteiger partial charge in [0.1, 0.15) is 23.9 Å². The molecule has 0 saturated carbocycles. The van der Waals surface area contributed by atoms with E-state index in [2.05, 4.69) is 0 Å². The Morgan fingerprint density at radius 2 is 2.18 bits per heavy atom. The molecule has 2 N–H and O–H groups in total. The van der Waals surface area contributed by atoms with Gasteiger partial charge in [0, 0.05) is 17.7 Å². The van der Waals surface area contributed by atoms with Gasteiger partial charge < -0.3 is 24.4 Å². The number of carbonyl (C=O) groups excluding carboxylic acids is 1. The van der Waals surface area contributed by atoms with Crippen LogP contribution in [0.25, 0.3) is 0 Å².